The summed E-state index contributed by atoms with van der Waals surface area (Å²) in [4.78, 5) is 22.8. The molecule has 0 aliphatic carbocycles. The van der Waals surface area contributed by atoms with E-state index in [0.717, 1.165) is 4.57 Å². The first-order chi connectivity index (χ1) is 7.07. The predicted octanol–water partition coefficient (Wildman–Crippen LogP) is -0.767. The Labute approximate surface area is 99.0 Å². The van der Waals surface area contributed by atoms with E-state index in [4.69, 9.17) is 10.5 Å². The summed E-state index contributed by atoms with van der Waals surface area (Å²) in [6, 6.07) is 1.29. The summed E-state index contributed by atoms with van der Waals surface area (Å²) in [5.74, 6) is 0.275. The molecule has 0 aliphatic rings. The average molecular weight is 250 g/mol. The van der Waals surface area contributed by atoms with Crippen molar-refractivity contribution in [3.05, 3.63) is 26.9 Å². The molecule has 1 heterocycles. The zero-order valence-corrected chi connectivity index (χ0v) is 10.1. The fourth-order valence-electron chi connectivity index (χ4n) is 1.11. The van der Waals surface area contributed by atoms with E-state index in [1.807, 2.05) is 0 Å². The number of nitrogens with zero attached hydrogens (tertiary/aromatic N) is 2. The van der Waals surface area contributed by atoms with E-state index >= 15 is 0 Å². The Kier molecular flexibility index (Phi) is 5.84. The van der Waals surface area contributed by atoms with Gasteiger partial charge in [-0.2, -0.15) is 0 Å². The van der Waals surface area contributed by atoms with E-state index in [0.29, 0.717) is 19.6 Å². The maximum Gasteiger partial charge on any atom is 0.333 e. The summed E-state index contributed by atoms with van der Waals surface area (Å²) in [6.45, 7) is 0.912. The van der Waals surface area contributed by atoms with Crippen molar-refractivity contribution < 1.29 is 4.74 Å². The molecule has 92 valence electrons. The highest BCUT2D eigenvalue weighted by molar-refractivity contribution is 5.85. The normalized spacial score (nSPS) is 9.69. The van der Waals surface area contributed by atoms with Gasteiger partial charge in [0.05, 0.1) is 12.7 Å². The maximum absolute atomic E-state index is 11.5. The molecule has 0 unspecified atom stereocenters. The standard InChI is InChI=1S/C9H15N3O3.ClH/c1-11-7(13)6-8(12(2)9(11)14)15-5-3-4-10;/h6H,3-5,10H2,1-2H3;1H. The van der Waals surface area contributed by atoms with E-state index in [2.05, 4.69) is 0 Å². The highest BCUT2D eigenvalue weighted by Crippen LogP contribution is 2.01. The molecule has 0 spiro atoms. The van der Waals surface area contributed by atoms with Crippen molar-refractivity contribution in [2.24, 2.45) is 19.8 Å². The molecule has 0 aromatic carbocycles. The average Bonchev–Trinajstić information content (AvgIpc) is 2.23. The lowest BCUT2D eigenvalue weighted by atomic mass is 10.5. The molecule has 1 rings (SSSR count). The zero-order chi connectivity index (χ0) is 11.4. The lowest BCUT2D eigenvalue weighted by molar-refractivity contribution is 0.284. The highest BCUT2D eigenvalue weighted by atomic mass is 35.5. The molecule has 0 fully saturated rings. The first-order valence-electron chi connectivity index (χ1n) is 4.68. The SMILES string of the molecule is Cl.Cn1c(OCCCN)cc(=O)n(C)c1=O. The van der Waals surface area contributed by atoms with Crippen molar-refractivity contribution in [3.8, 4) is 5.88 Å². The molecular formula is C9H16ClN3O3. The Hall–Kier alpha value is -1.27. The van der Waals surface area contributed by atoms with Gasteiger partial charge in [-0.25, -0.2) is 4.79 Å². The molecule has 0 amide bonds. The number of halogens is 1. The molecular weight excluding hydrogens is 234 g/mol. The summed E-state index contributed by atoms with van der Waals surface area (Å²) in [7, 11) is 2.98. The molecule has 16 heavy (non-hydrogen) atoms. The molecule has 0 radical (unpaired) electrons. The first-order valence-corrected chi connectivity index (χ1v) is 4.68. The number of ether oxygens (including phenoxy) is 1. The number of hydrogen-bond donors (Lipinski definition) is 1. The van der Waals surface area contributed by atoms with Crippen LogP contribution in [0, 0.1) is 0 Å². The van der Waals surface area contributed by atoms with Crippen molar-refractivity contribution in [2.75, 3.05) is 13.2 Å². The van der Waals surface area contributed by atoms with Crippen molar-refractivity contribution in [1.29, 1.82) is 0 Å². The van der Waals surface area contributed by atoms with E-state index in [1.54, 1.807) is 7.05 Å². The zero-order valence-electron chi connectivity index (χ0n) is 9.30. The minimum atomic E-state index is -0.398. The Morgan fingerprint density at radius 3 is 2.50 bits per heavy atom. The fourth-order valence-corrected chi connectivity index (χ4v) is 1.11. The summed E-state index contributed by atoms with van der Waals surface area (Å²) in [5.41, 5.74) is 4.53. The van der Waals surface area contributed by atoms with Crippen LogP contribution in [-0.2, 0) is 14.1 Å². The number of aromatic nitrogens is 2. The smallest absolute Gasteiger partial charge is 0.333 e. The molecule has 6 nitrogen and oxygen atoms in total. The fraction of sp³-hybridized carbons (Fsp3) is 0.556. The van der Waals surface area contributed by atoms with Crippen LogP contribution in [0.2, 0.25) is 0 Å². The number of hydrogen-bond acceptors (Lipinski definition) is 4. The maximum atomic E-state index is 11.5. The minimum Gasteiger partial charge on any atom is -0.479 e. The van der Waals surface area contributed by atoms with E-state index in [9.17, 15) is 9.59 Å². The molecule has 2 N–H and O–H groups in total. The van der Waals surface area contributed by atoms with Gasteiger partial charge in [0.25, 0.3) is 5.56 Å². The molecule has 0 saturated carbocycles. The summed E-state index contributed by atoms with van der Waals surface area (Å²) < 4.78 is 7.58. The molecule has 0 saturated heterocycles. The second kappa shape index (κ2) is 6.34. The third-order valence-electron chi connectivity index (χ3n) is 2.08. The van der Waals surface area contributed by atoms with Crippen LogP contribution in [0.4, 0.5) is 0 Å². The van der Waals surface area contributed by atoms with Crippen LogP contribution in [0.15, 0.2) is 15.7 Å². The summed E-state index contributed by atoms with van der Waals surface area (Å²) in [5, 5.41) is 0. The van der Waals surface area contributed by atoms with E-state index < -0.39 is 5.69 Å². The third-order valence-corrected chi connectivity index (χ3v) is 2.08. The lowest BCUT2D eigenvalue weighted by Crippen LogP contribution is -2.36. The van der Waals surface area contributed by atoms with Gasteiger partial charge in [0.2, 0.25) is 5.88 Å². The topological polar surface area (TPSA) is 79.2 Å². The van der Waals surface area contributed by atoms with Gasteiger partial charge in [0.1, 0.15) is 0 Å². The van der Waals surface area contributed by atoms with E-state index in [1.165, 1.54) is 17.7 Å². The van der Waals surface area contributed by atoms with Crippen molar-refractivity contribution in [3.63, 3.8) is 0 Å². The molecule has 0 atom stereocenters. The lowest BCUT2D eigenvalue weighted by Gasteiger charge is -2.10. The first kappa shape index (κ1) is 14.7. The number of nitrogens with two attached hydrogens (primary N) is 1. The van der Waals surface area contributed by atoms with Gasteiger partial charge < -0.3 is 10.5 Å². The van der Waals surface area contributed by atoms with Gasteiger partial charge in [0, 0.05) is 14.1 Å². The van der Waals surface area contributed by atoms with E-state index in [-0.39, 0.29) is 23.8 Å². The largest absolute Gasteiger partial charge is 0.479 e. The van der Waals surface area contributed by atoms with Crippen molar-refractivity contribution in [2.45, 2.75) is 6.42 Å². The Morgan fingerprint density at radius 1 is 1.31 bits per heavy atom. The molecule has 0 bridgehead atoms. The second-order valence-electron chi connectivity index (χ2n) is 3.21. The Morgan fingerprint density at radius 2 is 1.94 bits per heavy atom. The van der Waals surface area contributed by atoms with Crippen LogP contribution in [0.25, 0.3) is 0 Å². The van der Waals surface area contributed by atoms with Gasteiger partial charge in [-0.15, -0.1) is 12.4 Å². The summed E-state index contributed by atoms with van der Waals surface area (Å²) in [6.07, 6.45) is 0.684. The second-order valence-corrected chi connectivity index (χ2v) is 3.21. The highest BCUT2D eigenvalue weighted by Gasteiger charge is 2.05. The van der Waals surface area contributed by atoms with Crippen LogP contribution in [0.1, 0.15) is 6.42 Å². The van der Waals surface area contributed by atoms with Gasteiger partial charge >= 0.3 is 5.69 Å². The molecule has 7 heteroatoms. The van der Waals surface area contributed by atoms with Crippen LogP contribution < -0.4 is 21.7 Å². The Balaban J connectivity index is 0.00000225. The third kappa shape index (κ3) is 3.11. The quantitative estimate of drug-likeness (QED) is 0.711. The predicted molar refractivity (Wildman–Crippen MR) is 63.3 cm³/mol. The number of rotatable bonds is 4. The monoisotopic (exact) mass is 249 g/mol. The van der Waals surface area contributed by atoms with Crippen molar-refractivity contribution >= 4 is 12.4 Å². The molecule has 0 aliphatic heterocycles. The molecule has 1 aromatic heterocycles. The van der Waals surface area contributed by atoms with Gasteiger partial charge in [0.15, 0.2) is 0 Å². The summed E-state index contributed by atoms with van der Waals surface area (Å²) >= 11 is 0. The molecule has 1 aromatic rings. The Bertz CT molecular complexity index is 452. The minimum absolute atomic E-state index is 0. The van der Waals surface area contributed by atoms with Crippen LogP contribution in [-0.4, -0.2) is 22.3 Å². The van der Waals surface area contributed by atoms with Gasteiger partial charge in [-0.3, -0.25) is 13.9 Å². The van der Waals surface area contributed by atoms with Crippen LogP contribution in [0.3, 0.4) is 0 Å². The van der Waals surface area contributed by atoms with Gasteiger partial charge in [-0.05, 0) is 13.0 Å². The van der Waals surface area contributed by atoms with Crippen LogP contribution >= 0.6 is 12.4 Å². The van der Waals surface area contributed by atoms with Crippen molar-refractivity contribution in [1.82, 2.24) is 9.13 Å². The van der Waals surface area contributed by atoms with Crippen LogP contribution in [0.5, 0.6) is 5.88 Å². The van der Waals surface area contributed by atoms with Gasteiger partial charge in [-0.1, -0.05) is 0 Å².